The molecule has 439 valence electrons. The second-order valence-electron chi connectivity index (χ2n) is 17.5. The van der Waals surface area contributed by atoms with E-state index in [0.29, 0.717) is 0 Å². The minimum Gasteiger partial charge on any atom is -2.00 e. The first-order valence-electron chi connectivity index (χ1n) is 23.6. The van der Waals surface area contributed by atoms with Crippen LogP contribution < -0.4 is 0 Å². The minimum absolute atomic E-state index is 0. The number of Topliss-reactive ketones (excluding diaryl/α,β-unsaturated/α-hetero) is 1. The van der Waals surface area contributed by atoms with Crippen molar-refractivity contribution >= 4 is 60.2 Å². The third-order valence-corrected chi connectivity index (χ3v) is 12.0. The Kier molecular flexibility index (Phi) is 28.9. The van der Waals surface area contributed by atoms with E-state index in [4.69, 9.17) is 71.5 Å². The van der Waals surface area contributed by atoms with Gasteiger partial charge in [0.05, 0.1) is 56.4 Å². The smallest absolute Gasteiger partial charge is 2.00 e. The van der Waals surface area contributed by atoms with Crippen molar-refractivity contribution in [2.24, 2.45) is 9.98 Å². The Balaban J connectivity index is 0.000000619. The number of hydrogen-bond donors (Lipinski definition) is 0. The molecule has 0 N–H and O–H groups in total. The summed E-state index contributed by atoms with van der Waals surface area (Å²) in [6.07, 6.45) is 11.2. The van der Waals surface area contributed by atoms with Gasteiger partial charge in [-0.3, -0.25) is 34.9 Å². The molecule has 2 aromatic carbocycles. The number of halogens is 6. The van der Waals surface area contributed by atoms with Gasteiger partial charge in [-0.2, -0.15) is 49.1 Å². The Hall–Kier alpha value is -7.26. The van der Waals surface area contributed by atoms with Crippen molar-refractivity contribution in [2.75, 3.05) is 0 Å². The Morgan fingerprint density at radius 2 is 0.699 bits per heavy atom. The third kappa shape index (κ3) is 21.8. The van der Waals surface area contributed by atoms with Gasteiger partial charge in [0.25, 0.3) is 0 Å². The van der Waals surface area contributed by atoms with Gasteiger partial charge < -0.3 is 30.0 Å². The van der Waals surface area contributed by atoms with E-state index in [1.165, 1.54) is 13.8 Å². The fourth-order valence-corrected chi connectivity index (χ4v) is 7.21. The number of carbonyl (C=O) groups is 1. The number of alkyl halides is 6. The summed E-state index contributed by atoms with van der Waals surface area (Å²) < 4.78 is 118. The molecule has 8 rings (SSSR count). The molecule has 1 aliphatic heterocycles. The molecule has 0 saturated heterocycles. The molecular formula is C56H53F6MnN9O8S2V-3. The predicted octanol–water partition coefficient (Wildman–Crippen LogP) is 13.3. The van der Waals surface area contributed by atoms with Gasteiger partial charge in [0.1, 0.15) is 5.78 Å². The van der Waals surface area contributed by atoms with Gasteiger partial charge in [-0.05, 0) is 114 Å². The van der Waals surface area contributed by atoms with Gasteiger partial charge in [-0.25, -0.2) is 16.8 Å². The van der Waals surface area contributed by atoms with Gasteiger partial charge in [-0.15, -0.1) is 0 Å². The molecule has 83 heavy (non-hydrogen) atoms. The van der Waals surface area contributed by atoms with Crippen LogP contribution in [0.15, 0.2) is 198 Å². The zero-order valence-corrected chi connectivity index (χ0v) is 49.7. The van der Waals surface area contributed by atoms with E-state index >= 15 is 0 Å². The van der Waals surface area contributed by atoms with E-state index in [0.717, 1.165) is 79.7 Å². The fourth-order valence-electron chi connectivity index (χ4n) is 7.21. The Bertz CT molecular complexity index is 3250. The maximum absolute atomic E-state index is 10.7. The molecule has 0 unspecified atom stereocenters. The van der Waals surface area contributed by atoms with E-state index in [1.807, 2.05) is 204 Å². The second kappa shape index (κ2) is 32.6. The second-order valence-corrected chi connectivity index (χ2v) is 20.2. The van der Waals surface area contributed by atoms with Crippen LogP contribution in [0.3, 0.4) is 0 Å². The molecule has 0 spiro atoms. The monoisotopic (exact) mass is 1260 g/mol. The van der Waals surface area contributed by atoms with Gasteiger partial charge in [0, 0.05) is 54.8 Å². The normalized spacial score (nSPS) is 13.8. The molecular weight excluding hydrogens is 1210 g/mol. The van der Waals surface area contributed by atoms with E-state index in [2.05, 4.69) is 13.8 Å². The molecule has 6 heterocycles. The van der Waals surface area contributed by atoms with E-state index in [9.17, 15) is 31.1 Å². The summed E-state index contributed by atoms with van der Waals surface area (Å²) in [5.41, 5.74) is -0.435. The van der Waals surface area contributed by atoms with E-state index in [1.54, 1.807) is 0 Å². The summed E-state index contributed by atoms with van der Waals surface area (Å²) in [5.74, 6) is 0.167. The van der Waals surface area contributed by atoms with Crippen LogP contribution in [0.25, 0.3) is 10.6 Å². The van der Waals surface area contributed by atoms with Crippen LogP contribution in [-0.2, 0) is 77.0 Å². The summed E-state index contributed by atoms with van der Waals surface area (Å²) >= 11 is 0. The number of ketones is 1. The Morgan fingerprint density at radius 3 is 0.940 bits per heavy atom. The molecule has 0 aliphatic carbocycles. The number of nitrogens with zero attached hydrogens (tertiary/aromatic N) is 9. The maximum atomic E-state index is 10.7. The van der Waals surface area contributed by atoms with Gasteiger partial charge in [0.15, 0.2) is 20.2 Å². The molecule has 27 heteroatoms. The van der Waals surface area contributed by atoms with E-state index < -0.39 is 42.1 Å². The average molecular weight is 1260 g/mol. The van der Waals surface area contributed by atoms with Gasteiger partial charge >= 0.3 is 28.1 Å². The van der Waals surface area contributed by atoms with Crippen molar-refractivity contribution in [3.63, 3.8) is 0 Å². The van der Waals surface area contributed by atoms with Crippen LogP contribution in [-0.4, -0.2) is 79.1 Å². The quantitative estimate of drug-likeness (QED) is 0.0650. The summed E-state index contributed by atoms with van der Waals surface area (Å²) in [5, 5.41) is 9.43. The number of fused-ring (bicyclic) bond motifs is 2. The van der Waals surface area contributed by atoms with Crippen LogP contribution in [0.1, 0.15) is 89.6 Å². The van der Waals surface area contributed by atoms with Gasteiger partial charge in [-0.1, -0.05) is 92.7 Å². The standard InChI is InChI=1S/C29H25N5.C22H22N4.C3H6O.2CHF3O3S.Mn.O.V/c1-28(22-12-3-7-18-30-22,23-13-4-8-19-31-23)26-16-11-17-27(34-26)29(2,24-14-5-9-20-32-24)25-15-6-10-21-33-25;1-15-13-16(2)24-21-11-7-8-12-22(21)26-18(4)14-17(3)25-20-10-6-5-9-19(20)23-15;1-3(2)4;2*2-1(3,4)8(5,6)7;;;/h3-21H,1-2H3;5-14H,1-4H3;1-2H3;2*(H,5,6,7);;;/q;-2;;;;+3;-2;/p-2/b;15-13-,17-14-,24-16?,26-18?;;;;;;. The first-order chi connectivity index (χ1) is 37.4. The van der Waals surface area contributed by atoms with Gasteiger partial charge in [0.2, 0.25) is 0 Å². The molecule has 1 radical (unpaired) electrons. The van der Waals surface area contributed by atoms with Crippen molar-refractivity contribution in [3.8, 4) is 0 Å². The number of aliphatic imine (C=N–C) groups is 2. The number of hydrogen-bond acceptors (Lipinski definition) is 14. The summed E-state index contributed by atoms with van der Waals surface area (Å²) in [7, 11) is -12.2. The molecule has 7 aromatic rings. The molecule has 0 bridgehead atoms. The van der Waals surface area contributed by atoms with E-state index in [-0.39, 0.29) is 46.9 Å². The van der Waals surface area contributed by atoms with Crippen LogP contribution >= 0.6 is 0 Å². The average Bonchev–Trinajstić information content (AvgIpc) is 3.39. The molecule has 5 aromatic heterocycles. The summed E-state index contributed by atoms with van der Waals surface area (Å²) in [6, 6.07) is 45.7. The topological polar surface area (TPSA) is 277 Å². The summed E-state index contributed by atoms with van der Waals surface area (Å²) in [4.78, 5) is 43.0. The van der Waals surface area contributed by atoms with Crippen molar-refractivity contribution < 1.29 is 98.2 Å². The van der Waals surface area contributed by atoms with Crippen LogP contribution in [0.4, 0.5) is 49.1 Å². The molecule has 17 nitrogen and oxygen atoms in total. The molecule has 0 atom stereocenters. The van der Waals surface area contributed by atoms with Crippen molar-refractivity contribution in [3.05, 3.63) is 233 Å². The summed E-state index contributed by atoms with van der Waals surface area (Å²) in [6.45, 7) is 15.2. The molecule has 0 saturated carbocycles. The number of benzene rings is 2. The maximum Gasteiger partial charge on any atom is 3.00 e. The number of rotatable bonds is 6. The molecule has 0 fully saturated rings. The minimum atomic E-state index is -6.09. The Morgan fingerprint density at radius 1 is 0.458 bits per heavy atom. The van der Waals surface area contributed by atoms with Crippen molar-refractivity contribution in [1.29, 1.82) is 0 Å². The van der Waals surface area contributed by atoms with Crippen molar-refractivity contribution in [2.45, 2.75) is 77.2 Å². The number of pyridine rings is 5. The zero-order chi connectivity index (χ0) is 59.5. The Labute approximate surface area is 500 Å². The number of aromatic nitrogens is 5. The van der Waals surface area contributed by atoms with Crippen LogP contribution in [0, 0.1) is 0 Å². The fraction of sp³-hybridized carbons (Fsp3) is 0.214. The molecule has 0 amide bonds. The number of allylic oxidation sites excluding steroid dienone is 4. The number of para-hydroxylation sites is 4. The van der Waals surface area contributed by atoms with Crippen LogP contribution in [0.5, 0.6) is 0 Å². The molecule has 1 aliphatic rings. The first kappa shape index (κ1) is 73.8. The zero-order valence-electron chi connectivity index (χ0n) is 45.4. The largest absolute Gasteiger partial charge is 3.00 e. The number of carbonyl (C=O) groups excluding carboxylic acids is 1. The predicted molar refractivity (Wildman–Crippen MR) is 293 cm³/mol. The SMILES string of the molecule is CC(C)=O.CC(c1ccccn1)(c1ccccn1)c1cccc(C(C)(c2ccccn2)c2ccccn2)n1.CC1=Nc2ccccc2N=C(C)/C=C(/C)[N-]c2ccccc2[N-]/C(C)=C\1.O=S(=O)([O-])C(F)(F)F.O=S(=O)([O-])C(F)(F)F.[Mn+3].[O-2].[V]. The van der Waals surface area contributed by atoms with Crippen LogP contribution in [0.2, 0.25) is 0 Å². The third-order valence-electron chi connectivity index (χ3n) is 10.8. The van der Waals surface area contributed by atoms with Crippen molar-refractivity contribution in [1.82, 2.24) is 24.9 Å². The first-order valence-corrected chi connectivity index (χ1v) is 26.4.